The van der Waals surface area contributed by atoms with Gasteiger partial charge >= 0.3 is 0 Å². The number of halogens is 2. The van der Waals surface area contributed by atoms with E-state index < -0.39 is 17.5 Å². The van der Waals surface area contributed by atoms with Gasteiger partial charge in [-0.1, -0.05) is 30.3 Å². The van der Waals surface area contributed by atoms with Crippen LogP contribution in [0.2, 0.25) is 0 Å². The Hall–Kier alpha value is -3.06. The van der Waals surface area contributed by atoms with Crippen molar-refractivity contribution < 1.29 is 13.6 Å². The molecule has 150 valence electrons. The molecule has 1 fully saturated rings. The number of benzene rings is 2. The number of aromatic nitrogens is 2. The Bertz CT molecular complexity index is 999. The van der Waals surface area contributed by atoms with Gasteiger partial charge in [0.1, 0.15) is 17.5 Å². The number of likely N-dealkylation sites (tertiary alicyclic amines) is 1. The van der Waals surface area contributed by atoms with E-state index in [0.29, 0.717) is 5.82 Å². The molecule has 0 bridgehead atoms. The maximum Gasteiger partial charge on any atom is 0.257 e. The van der Waals surface area contributed by atoms with E-state index in [1.165, 1.54) is 5.56 Å². The fourth-order valence-electron chi connectivity index (χ4n) is 3.74. The van der Waals surface area contributed by atoms with Gasteiger partial charge in [-0.2, -0.15) is 5.10 Å². The highest BCUT2D eigenvalue weighted by Gasteiger charge is 2.27. The van der Waals surface area contributed by atoms with Gasteiger partial charge in [0.05, 0.1) is 12.2 Å². The first-order chi connectivity index (χ1) is 14.0. The maximum atomic E-state index is 13.5. The highest BCUT2D eigenvalue weighted by Crippen LogP contribution is 2.28. The summed E-state index contributed by atoms with van der Waals surface area (Å²) in [7, 11) is 0. The van der Waals surface area contributed by atoms with Crippen molar-refractivity contribution in [1.82, 2.24) is 14.7 Å². The van der Waals surface area contributed by atoms with Crippen molar-refractivity contribution in [2.24, 2.45) is 0 Å². The van der Waals surface area contributed by atoms with Crippen molar-refractivity contribution in [3.8, 4) is 0 Å². The van der Waals surface area contributed by atoms with Gasteiger partial charge in [-0.3, -0.25) is 9.69 Å². The smallest absolute Gasteiger partial charge is 0.257 e. The molecule has 0 saturated carbocycles. The Balaban J connectivity index is 1.48. The van der Waals surface area contributed by atoms with Gasteiger partial charge in [-0.25, -0.2) is 13.5 Å². The molecule has 0 radical (unpaired) electrons. The predicted octanol–water partition coefficient (Wildman–Crippen LogP) is 4.17. The normalized spacial score (nSPS) is 16.9. The molecule has 1 aromatic heterocycles. The number of hydrogen-bond donors (Lipinski definition) is 1. The minimum atomic E-state index is -0.785. The summed E-state index contributed by atoms with van der Waals surface area (Å²) in [4.78, 5) is 14.9. The molecule has 1 N–H and O–H groups in total. The fraction of sp³-hybridized carbons (Fsp3) is 0.273. The summed E-state index contributed by atoms with van der Waals surface area (Å²) < 4.78 is 28.7. The number of carbonyl (C=O) groups excluding carboxylic acids is 1. The Morgan fingerprint density at radius 3 is 2.62 bits per heavy atom. The van der Waals surface area contributed by atoms with E-state index in [-0.39, 0.29) is 11.6 Å². The summed E-state index contributed by atoms with van der Waals surface area (Å²) in [5.74, 6) is -1.57. The van der Waals surface area contributed by atoms with Crippen LogP contribution >= 0.6 is 0 Å². The fourth-order valence-corrected chi connectivity index (χ4v) is 3.74. The van der Waals surface area contributed by atoms with Gasteiger partial charge in [-0.15, -0.1) is 0 Å². The Labute approximate surface area is 168 Å². The van der Waals surface area contributed by atoms with Crippen LogP contribution in [0, 0.1) is 18.6 Å². The average Bonchev–Trinajstić information content (AvgIpc) is 3.29. The molecule has 3 aromatic rings. The quantitative estimate of drug-likeness (QED) is 0.704. The van der Waals surface area contributed by atoms with Crippen molar-refractivity contribution >= 4 is 11.7 Å². The van der Waals surface area contributed by atoms with E-state index in [0.717, 1.165) is 49.8 Å². The van der Waals surface area contributed by atoms with Crippen LogP contribution in [0.5, 0.6) is 0 Å². The lowest BCUT2D eigenvalue weighted by atomic mass is 10.2. The average molecular weight is 396 g/mol. The first-order valence-electron chi connectivity index (χ1n) is 9.57. The van der Waals surface area contributed by atoms with Crippen LogP contribution in [0.3, 0.4) is 0 Å². The minimum absolute atomic E-state index is 0.0632. The molecular formula is C22H22F2N4O. The van der Waals surface area contributed by atoms with Crippen molar-refractivity contribution in [3.63, 3.8) is 0 Å². The third-order valence-corrected chi connectivity index (χ3v) is 5.18. The van der Waals surface area contributed by atoms with Gasteiger partial charge in [-0.05, 0) is 31.0 Å². The van der Waals surface area contributed by atoms with Gasteiger partial charge < -0.3 is 5.32 Å². The third kappa shape index (κ3) is 4.35. The first-order valence-corrected chi connectivity index (χ1v) is 9.57. The topological polar surface area (TPSA) is 50.2 Å². The summed E-state index contributed by atoms with van der Waals surface area (Å²) in [6.45, 7) is 4.46. The minimum Gasteiger partial charge on any atom is -0.307 e. The molecule has 1 saturated heterocycles. The second-order valence-electron chi connectivity index (χ2n) is 7.40. The van der Waals surface area contributed by atoms with Crippen molar-refractivity contribution in [2.75, 3.05) is 18.4 Å². The Kier molecular flexibility index (Phi) is 5.40. The molecule has 4 rings (SSSR count). The zero-order chi connectivity index (χ0) is 20.4. The molecule has 29 heavy (non-hydrogen) atoms. The van der Waals surface area contributed by atoms with E-state index in [1.54, 1.807) is 6.20 Å². The van der Waals surface area contributed by atoms with E-state index in [4.69, 9.17) is 0 Å². The predicted molar refractivity (Wildman–Crippen MR) is 107 cm³/mol. The number of rotatable bonds is 5. The molecule has 7 heteroatoms. The number of carbonyl (C=O) groups is 1. The molecule has 2 heterocycles. The lowest BCUT2D eigenvalue weighted by Gasteiger charge is -2.18. The summed E-state index contributed by atoms with van der Waals surface area (Å²) in [5.41, 5.74) is 2.00. The lowest BCUT2D eigenvalue weighted by molar-refractivity contribution is 0.102. The van der Waals surface area contributed by atoms with Crippen LogP contribution in [-0.4, -0.2) is 33.7 Å². The van der Waals surface area contributed by atoms with E-state index in [1.807, 2.05) is 29.8 Å². The second kappa shape index (κ2) is 8.13. The molecule has 0 aliphatic carbocycles. The highest BCUT2D eigenvalue weighted by molar-refractivity contribution is 6.04. The van der Waals surface area contributed by atoms with E-state index in [2.05, 4.69) is 27.4 Å². The second-order valence-corrected chi connectivity index (χ2v) is 7.40. The summed E-state index contributed by atoms with van der Waals surface area (Å²) in [5, 5.41) is 7.23. The first kappa shape index (κ1) is 19.3. The van der Waals surface area contributed by atoms with Gasteiger partial charge in [0.15, 0.2) is 0 Å². The molecule has 1 aliphatic heterocycles. The molecule has 0 unspecified atom stereocenters. The summed E-state index contributed by atoms with van der Waals surface area (Å²) in [6.07, 6.45) is 2.60. The molecular weight excluding hydrogens is 374 g/mol. The zero-order valence-corrected chi connectivity index (χ0v) is 16.1. The highest BCUT2D eigenvalue weighted by atomic mass is 19.1. The van der Waals surface area contributed by atoms with Gasteiger partial charge in [0.2, 0.25) is 0 Å². The van der Waals surface area contributed by atoms with Crippen LogP contribution < -0.4 is 5.32 Å². The SMILES string of the molecule is Cc1cnn([C@@H]2CCN(Cc3ccccc3)C2)c1NC(=O)c1cc(F)cc(F)c1. The molecule has 2 aromatic carbocycles. The van der Waals surface area contributed by atoms with Crippen molar-refractivity contribution in [1.29, 1.82) is 0 Å². The van der Waals surface area contributed by atoms with Crippen LogP contribution in [0.25, 0.3) is 0 Å². The van der Waals surface area contributed by atoms with Crippen LogP contribution in [-0.2, 0) is 6.54 Å². The van der Waals surface area contributed by atoms with E-state index in [9.17, 15) is 13.6 Å². The monoisotopic (exact) mass is 396 g/mol. The largest absolute Gasteiger partial charge is 0.307 e. The molecule has 1 atom stereocenters. The molecule has 1 amide bonds. The number of hydrogen-bond acceptors (Lipinski definition) is 3. The van der Waals surface area contributed by atoms with Crippen LogP contribution in [0.4, 0.5) is 14.6 Å². The third-order valence-electron chi connectivity index (χ3n) is 5.18. The summed E-state index contributed by atoms with van der Waals surface area (Å²) in [6, 6.07) is 13.2. The Morgan fingerprint density at radius 2 is 1.90 bits per heavy atom. The van der Waals surface area contributed by atoms with Crippen LogP contribution in [0.15, 0.2) is 54.7 Å². The number of nitrogens with one attached hydrogen (secondary N) is 1. The molecule has 0 spiro atoms. The Morgan fingerprint density at radius 1 is 1.17 bits per heavy atom. The maximum absolute atomic E-state index is 13.5. The molecule has 5 nitrogen and oxygen atoms in total. The van der Waals surface area contributed by atoms with E-state index >= 15 is 0 Å². The number of anilines is 1. The molecule has 1 aliphatic rings. The standard InChI is InChI=1S/C22H22F2N4O/c1-15-12-25-28(20-7-8-27(14-20)13-16-5-3-2-4-6-16)21(15)26-22(29)17-9-18(23)11-19(24)10-17/h2-6,9-12,20H,7-8,13-14H2,1H3,(H,26,29)/t20-/m1/s1. The van der Waals surface area contributed by atoms with Crippen molar-refractivity contribution in [2.45, 2.75) is 25.9 Å². The number of aryl methyl sites for hydroxylation is 1. The number of nitrogens with zero attached hydrogens (tertiary/aromatic N) is 3. The van der Waals surface area contributed by atoms with Crippen molar-refractivity contribution in [3.05, 3.63) is 83.1 Å². The van der Waals surface area contributed by atoms with Crippen LogP contribution in [0.1, 0.15) is 33.9 Å². The summed E-state index contributed by atoms with van der Waals surface area (Å²) >= 11 is 0. The lowest BCUT2D eigenvalue weighted by Crippen LogP contribution is -2.23. The zero-order valence-electron chi connectivity index (χ0n) is 16.1. The van der Waals surface area contributed by atoms with Gasteiger partial charge in [0, 0.05) is 36.8 Å². The number of amides is 1. The van der Waals surface area contributed by atoms with Gasteiger partial charge in [0.25, 0.3) is 5.91 Å².